The molecule has 21 heavy (non-hydrogen) atoms. The van der Waals surface area contributed by atoms with E-state index >= 15 is 0 Å². The lowest BCUT2D eigenvalue weighted by atomic mass is 10.1. The lowest BCUT2D eigenvalue weighted by molar-refractivity contribution is -0.384. The van der Waals surface area contributed by atoms with Crippen LogP contribution < -0.4 is 0 Å². The van der Waals surface area contributed by atoms with E-state index in [4.69, 9.17) is 0 Å². The van der Waals surface area contributed by atoms with E-state index in [1.54, 1.807) is 12.1 Å². The van der Waals surface area contributed by atoms with Crippen LogP contribution in [0.4, 0.5) is 5.69 Å². The maximum absolute atomic E-state index is 10.6. The molecule has 0 unspecified atom stereocenters. The number of aliphatic imine (C=N–C) groups is 1. The first-order valence-corrected chi connectivity index (χ1v) is 6.61. The standard InChI is InChI=1S/C17H16N2O2/c1-14(11-15-5-3-2-4-6-15)12-18-13-16-7-9-17(10-8-16)19(20)21/h2-12H,13H2,1H3/b14-11+,18-12+. The lowest BCUT2D eigenvalue weighted by Crippen LogP contribution is -1.89. The molecule has 0 amide bonds. The van der Waals surface area contributed by atoms with Gasteiger partial charge in [0.15, 0.2) is 0 Å². The van der Waals surface area contributed by atoms with Crippen molar-refractivity contribution in [2.24, 2.45) is 4.99 Å². The summed E-state index contributed by atoms with van der Waals surface area (Å²) in [4.78, 5) is 14.5. The van der Waals surface area contributed by atoms with Crippen LogP contribution in [0.15, 0.2) is 65.2 Å². The molecular formula is C17H16N2O2. The molecular weight excluding hydrogens is 264 g/mol. The second kappa shape index (κ2) is 7.14. The topological polar surface area (TPSA) is 55.5 Å². The normalized spacial score (nSPS) is 11.8. The van der Waals surface area contributed by atoms with Crippen LogP contribution in [0.25, 0.3) is 6.08 Å². The molecule has 0 atom stereocenters. The number of nitro benzene ring substituents is 1. The number of rotatable bonds is 5. The van der Waals surface area contributed by atoms with E-state index in [1.807, 2.05) is 43.5 Å². The molecule has 0 N–H and O–H groups in total. The summed E-state index contributed by atoms with van der Waals surface area (Å²) in [5.74, 6) is 0. The molecule has 0 aliphatic heterocycles. The summed E-state index contributed by atoms with van der Waals surface area (Å²) in [6, 6.07) is 16.5. The predicted molar refractivity (Wildman–Crippen MR) is 85.4 cm³/mol. The van der Waals surface area contributed by atoms with Gasteiger partial charge in [0, 0.05) is 18.3 Å². The van der Waals surface area contributed by atoms with Crippen molar-refractivity contribution in [1.29, 1.82) is 0 Å². The van der Waals surface area contributed by atoms with Crippen LogP contribution in [0.5, 0.6) is 0 Å². The van der Waals surface area contributed by atoms with E-state index in [9.17, 15) is 10.1 Å². The van der Waals surface area contributed by atoms with Crippen molar-refractivity contribution in [2.75, 3.05) is 0 Å². The number of hydrogen-bond donors (Lipinski definition) is 0. The van der Waals surface area contributed by atoms with E-state index in [0.717, 1.165) is 16.7 Å². The van der Waals surface area contributed by atoms with Crippen LogP contribution in [-0.4, -0.2) is 11.1 Å². The Bertz CT molecular complexity index is 659. The van der Waals surface area contributed by atoms with Crippen LogP contribution in [-0.2, 0) is 6.54 Å². The molecule has 2 rings (SSSR count). The Kier molecular flexibility index (Phi) is 4.99. The minimum Gasteiger partial charge on any atom is -0.288 e. The molecule has 4 nitrogen and oxygen atoms in total. The Morgan fingerprint density at radius 2 is 1.81 bits per heavy atom. The number of benzene rings is 2. The average molecular weight is 280 g/mol. The van der Waals surface area contributed by atoms with Gasteiger partial charge in [-0.25, -0.2) is 0 Å². The molecule has 0 aliphatic carbocycles. The summed E-state index contributed by atoms with van der Waals surface area (Å²) in [6.45, 7) is 2.50. The Morgan fingerprint density at radius 1 is 1.14 bits per heavy atom. The van der Waals surface area contributed by atoms with Gasteiger partial charge in [0.05, 0.1) is 11.5 Å². The molecule has 0 aromatic heterocycles. The van der Waals surface area contributed by atoms with Crippen LogP contribution >= 0.6 is 0 Å². The van der Waals surface area contributed by atoms with Gasteiger partial charge in [-0.1, -0.05) is 48.5 Å². The largest absolute Gasteiger partial charge is 0.288 e. The number of non-ortho nitro benzene ring substituents is 1. The lowest BCUT2D eigenvalue weighted by Gasteiger charge is -1.97. The highest BCUT2D eigenvalue weighted by Crippen LogP contribution is 2.12. The summed E-state index contributed by atoms with van der Waals surface area (Å²) in [7, 11) is 0. The maximum Gasteiger partial charge on any atom is 0.269 e. The molecule has 106 valence electrons. The van der Waals surface area contributed by atoms with Crippen molar-refractivity contribution < 1.29 is 4.92 Å². The van der Waals surface area contributed by atoms with E-state index in [1.165, 1.54) is 12.1 Å². The predicted octanol–water partition coefficient (Wildman–Crippen LogP) is 4.27. The highest BCUT2D eigenvalue weighted by molar-refractivity contribution is 5.84. The van der Waals surface area contributed by atoms with Crippen molar-refractivity contribution in [3.8, 4) is 0 Å². The van der Waals surface area contributed by atoms with E-state index < -0.39 is 4.92 Å². The Morgan fingerprint density at radius 3 is 2.43 bits per heavy atom. The molecule has 0 saturated heterocycles. The third kappa shape index (κ3) is 4.69. The molecule has 2 aromatic carbocycles. The second-order valence-electron chi connectivity index (χ2n) is 4.69. The molecule has 2 aromatic rings. The third-order valence-corrected chi connectivity index (χ3v) is 2.91. The fourth-order valence-electron chi connectivity index (χ4n) is 1.87. The fourth-order valence-corrected chi connectivity index (χ4v) is 1.87. The minimum atomic E-state index is -0.403. The van der Waals surface area contributed by atoms with Crippen LogP contribution in [0.1, 0.15) is 18.1 Å². The fraction of sp³-hybridized carbons (Fsp3) is 0.118. The van der Waals surface area contributed by atoms with E-state index in [-0.39, 0.29) is 5.69 Å². The van der Waals surface area contributed by atoms with Crippen LogP contribution in [0, 0.1) is 10.1 Å². The van der Waals surface area contributed by atoms with Gasteiger partial charge in [0.1, 0.15) is 0 Å². The maximum atomic E-state index is 10.6. The first-order valence-electron chi connectivity index (χ1n) is 6.61. The smallest absolute Gasteiger partial charge is 0.269 e. The van der Waals surface area contributed by atoms with Crippen LogP contribution in [0.2, 0.25) is 0 Å². The SMILES string of the molecule is CC(/C=N/Cc1ccc([N+](=O)[O-])cc1)=C\c1ccccc1. The summed E-state index contributed by atoms with van der Waals surface area (Å²) in [5.41, 5.74) is 3.24. The van der Waals surface area contributed by atoms with Crippen molar-refractivity contribution in [3.05, 3.63) is 81.4 Å². The summed E-state index contributed by atoms with van der Waals surface area (Å²) in [6.07, 6.45) is 3.87. The van der Waals surface area contributed by atoms with Gasteiger partial charge in [-0.15, -0.1) is 0 Å². The Balaban J connectivity index is 1.95. The molecule has 0 heterocycles. The van der Waals surface area contributed by atoms with E-state index in [2.05, 4.69) is 11.1 Å². The highest BCUT2D eigenvalue weighted by Gasteiger charge is 2.02. The molecule has 4 heteroatoms. The first kappa shape index (κ1) is 14.7. The molecule has 0 radical (unpaired) electrons. The number of allylic oxidation sites excluding steroid dienone is 1. The van der Waals surface area contributed by atoms with Gasteiger partial charge in [0.2, 0.25) is 0 Å². The van der Waals surface area contributed by atoms with Gasteiger partial charge in [-0.05, 0) is 23.6 Å². The molecule has 0 saturated carbocycles. The summed E-state index contributed by atoms with van der Waals surface area (Å²) in [5, 5.41) is 10.6. The monoisotopic (exact) mass is 280 g/mol. The van der Waals surface area contributed by atoms with Crippen molar-refractivity contribution >= 4 is 18.0 Å². The Hall–Kier alpha value is -2.75. The molecule has 0 spiro atoms. The number of nitro groups is 1. The number of nitrogens with zero attached hydrogens (tertiary/aromatic N) is 2. The molecule has 0 fully saturated rings. The van der Waals surface area contributed by atoms with Crippen molar-refractivity contribution in [1.82, 2.24) is 0 Å². The zero-order chi connectivity index (χ0) is 15.1. The minimum absolute atomic E-state index is 0.0999. The zero-order valence-electron chi connectivity index (χ0n) is 11.8. The van der Waals surface area contributed by atoms with Crippen molar-refractivity contribution in [2.45, 2.75) is 13.5 Å². The highest BCUT2D eigenvalue weighted by atomic mass is 16.6. The van der Waals surface area contributed by atoms with Gasteiger partial charge >= 0.3 is 0 Å². The van der Waals surface area contributed by atoms with Gasteiger partial charge in [-0.3, -0.25) is 15.1 Å². The Labute approximate surface area is 123 Å². The zero-order valence-corrected chi connectivity index (χ0v) is 11.8. The van der Waals surface area contributed by atoms with Crippen LogP contribution in [0.3, 0.4) is 0 Å². The third-order valence-electron chi connectivity index (χ3n) is 2.91. The molecule has 0 bridgehead atoms. The van der Waals surface area contributed by atoms with Crippen molar-refractivity contribution in [3.63, 3.8) is 0 Å². The summed E-state index contributed by atoms with van der Waals surface area (Å²) < 4.78 is 0. The van der Waals surface area contributed by atoms with E-state index in [0.29, 0.717) is 6.54 Å². The average Bonchev–Trinajstić information content (AvgIpc) is 2.49. The molecule has 0 aliphatic rings. The summed E-state index contributed by atoms with van der Waals surface area (Å²) >= 11 is 0. The quantitative estimate of drug-likeness (QED) is 0.466. The number of hydrogen-bond acceptors (Lipinski definition) is 3. The second-order valence-corrected chi connectivity index (χ2v) is 4.69. The van der Waals surface area contributed by atoms with Gasteiger partial charge in [0.25, 0.3) is 5.69 Å². The van der Waals surface area contributed by atoms with Gasteiger partial charge in [-0.2, -0.15) is 0 Å². The van der Waals surface area contributed by atoms with Gasteiger partial charge < -0.3 is 0 Å². The first-order chi connectivity index (χ1) is 10.1.